The minimum Gasteiger partial charge on any atom is -0.494 e. The van der Waals surface area contributed by atoms with E-state index < -0.39 is 0 Å². The fourth-order valence-electron chi connectivity index (χ4n) is 3.49. The third-order valence-corrected chi connectivity index (χ3v) is 4.79. The van der Waals surface area contributed by atoms with Crippen LogP contribution in [-0.2, 0) is 6.54 Å². The minimum atomic E-state index is -0.353. The van der Waals surface area contributed by atoms with Crippen molar-refractivity contribution in [1.82, 2.24) is 15.8 Å². The lowest BCUT2D eigenvalue weighted by molar-refractivity contribution is 0.167. The van der Waals surface area contributed by atoms with Gasteiger partial charge in [0.1, 0.15) is 0 Å². The second-order valence-corrected chi connectivity index (χ2v) is 6.60. The Morgan fingerprint density at radius 3 is 2.73 bits per heavy atom. The Bertz CT molecular complexity index is 699. The van der Waals surface area contributed by atoms with E-state index >= 15 is 0 Å². The molecule has 1 aliphatic heterocycles. The molecule has 2 aromatic carbocycles. The third-order valence-electron chi connectivity index (χ3n) is 4.79. The van der Waals surface area contributed by atoms with Crippen molar-refractivity contribution in [3.05, 3.63) is 65.5 Å². The third kappa shape index (κ3) is 4.59. The van der Waals surface area contributed by atoms with Gasteiger partial charge in [-0.15, -0.1) is 0 Å². The van der Waals surface area contributed by atoms with E-state index in [9.17, 15) is 9.50 Å². The molecule has 26 heavy (non-hydrogen) atoms. The largest absolute Gasteiger partial charge is 0.494 e. The standard InChI is InChI=1S/C20H26FN3O2/c1-26-19-8-7-16(11-18(19)21)20-17(12-22-23-20)14-24(9-10-25)13-15-5-3-2-4-6-15/h2-8,11,17,20,22-23,25H,9-10,12-14H2,1H3. The molecular weight excluding hydrogens is 333 g/mol. The molecule has 5 nitrogen and oxygen atoms in total. The zero-order chi connectivity index (χ0) is 18.4. The van der Waals surface area contributed by atoms with Gasteiger partial charge < -0.3 is 9.84 Å². The van der Waals surface area contributed by atoms with Gasteiger partial charge in [-0.05, 0) is 23.3 Å². The molecule has 2 unspecified atom stereocenters. The molecule has 0 radical (unpaired) electrons. The van der Waals surface area contributed by atoms with Gasteiger partial charge in [-0.3, -0.25) is 10.3 Å². The highest BCUT2D eigenvalue weighted by Crippen LogP contribution is 2.29. The average molecular weight is 359 g/mol. The van der Waals surface area contributed by atoms with E-state index in [-0.39, 0.29) is 30.1 Å². The van der Waals surface area contributed by atoms with Crippen LogP contribution in [0.3, 0.4) is 0 Å². The predicted molar refractivity (Wildman–Crippen MR) is 99.1 cm³/mol. The van der Waals surface area contributed by atoms with Crippen molar-refractivity contribution >= 4 is 0 Å². The van der Waals surface area contributed by atoms with E-state index in [0.717, 1.165) is 25.2 Å². The summed E-state index contributed by atoms with van der Waals surface area (Å²) < 4.78 is 19.1. The Morgan fingerprint density at radius 1 is 1.23 bits per heavy atom. The van der Waals surface area contributed by atoms with Gasteiger partial charge in [0.25, 0.3) is 0 Å². The molecule has 0 aliphatic carbocycles. The number of aliphatic hydroxyl groups excluding tert-OH is 1. The summed E-state index contributed by atoms with van der Waals surface area (Å²) >= 11 is 0. The van der Waals surface area contributed by atoms with Gasteiger partial charge in [0.05, 0.1) is 19.8 Å². The number of hydrogen-bond donors (Lipinski definition) is 3. The van der Waals surface area contributed by atoms with Crippen LogP contribution in [0.4, 0.5) is 4.39 Å². The molecule has 2 atom stereocenters. The summed E-state index contributed by atoms with van der Waals surface area (Å²) in [6.45, 7) is 3.09. The minimum absolute atomic E-state index is 0.00683. The van der Waals surface area contributed by atoms with E-state index in [1.54, 1.807) is 6.07 Å². The van der Waals surface area contributed by atoms with Crippen LogP contribution in [0, 0.1) is 11.7 Å². The fraction of sp³-hybridized carbons (Fsp3) is 0.400. The van der Waals surface area contributed by atoms with E-state index in [0.29, 0.717) is 6.54 Å². The highest BCUT2D eigenvalue weighted by Gasteiger charge is 2.30. The molecule has 2 aromatic rings. The van der Waals surface area contributed by atoms with Gasteiger partial charge in [-0.25, -0.2) is 9.82 Å². The zero-order valence-corrected chi connectivity index (χ0v) is 15.0. The summed E-state index contributed by atoms with van der Waals surface area (Å²) in [6, 6.07) is 15.3. The van der Waals surface area contributed by atoms with Crippen LogP contribution in [0.1, 0.15) is 17.2 Å². The number of nitrogens with one attached hydrogen (secondary N) is 2. The number of halogens is 1. The van der Waals surface area contributed by atoms with Gasteiger partial charge in [0.2, 0.25) is 0 Å². The number of hydrogen-bond acceptors (Lipinski definition) is 5. The highest BCUT2D eigenvalue weighted by molar-refractivity contribution is 5.31. The topological polar surface area (TPSA) is 56.8 Å². The zero-order valence-electron chi connectivity index (χ0n) is 15.0. The number of benzene rings is 2. The lowest BCUT2D eigenvalue weighted by Gasteiger charge is -2.27. The van der Waals surface area contributed by atoms with E-state index in [1.807, 2.05) is 24.3 Å². The molecule has 1 heterocycles. The lowest BCUT2D eigenvalue weighted by atomic mass is 9.94. The number of hydrazine groups is 1. The Labute approximate surface area is 153 Å². The Balaban J connectivity index is 1.70. The molecule has 1 saturated heterocycles. The van der Waals surface area contributed by atoms with Gasteiger partial charge in [0, 0.05) is 32.1 Å². The Morgan fingerprint density at radius 2 is 2.04 bits per heavy atom. The van der Waals surface area contributed by atoms with E-state index in [4.69, 9.17) is 4.74 Å². The van der Waals surface area contributed by atoms with Crippen LogP contribution in [0.5, 0.6) is 5.75 Å². The summed E-state index contributed by atoms with van der Waals surface area (Å²) in [7, 11) is 1.46. The van der Waals surface area contributed by atoms with Crippen LogP contribution in [0.15, 0.2) is 48.5 Å². The first-order valence-corrected chi connectivity index (χ1v) is 8.90. The van der Waals surface area contributed by atoms with Crippen molar-refractivity contribution < 1.29 is 14.2 Å². The summed E-state index contributed by atoms with van der Waals surface area (Å²) in [5, 5.41) is 9.43. The number of methoxy groups -OCH3 is 1. The Hall–Kier alpha value is -1.99. The van der Waals surface area contributed by atoms with Crippen LogP contribution in [-0.4, -0.2) is 43.4 Å². The number of nitrogens with zero attached hydrogens (tertiary/aromatic N) is 1. The smallest absolute Gasteiger partial charge is 0.165 e. The Kier molecular flexibility index (Phi) is 6.57. The SMILES string of the molecule is COc1ccc(C2NNCC2CN(CCO)Cc2ccccc2)cc1F. The van der Waals surface area contributed by atoms with Gasteiger partial charge in [-0.1, -0.05) is 36.4 Å². The molecule has 140 valence electrons. The predicted octanol–water partition coefficient (Wildman–Crippen LogP) is 2.09. The van der Waals surface area contributed by atoms with E-state index in [1.165, 1.54) is 18.7 Å². The molecular formula is C20H26FN3O2. The van der Waals surface area contributed by atoms with E-state index in [2.05, 4.69) is 27.9 Å². The molecule has 1 fully saturated rings. The summed E-state index contributed by atoms with van der Waals surface area (Å²) in [4.78, 5) is 2.24. The quantitative estimate of drug-likeness (QED) is 0.674. The molecule has 0 aromatic heterocycles. The molecule has 3 rings (SSSR count). The maximum absolute atomic E-state index is 14.1. The van der Waals surface area contributed by atoms with Gasteiger partial charge >= 0.3 is 0 Å². The van der Waals surface area contributed by atoms with Crippen molar-refractivity contribution in [3.8, 4) is 5.75 Å². The molecule has 0 bridgehead atoms. The number of ether oxygens (including phenoxy) is 1. The summed E-state index contributed by atoms with van der Waals surface area (Å²) in [5.41, 5.74) is 8.55. The van der Waals surface area contributed by atoms with Crippen molar-refractivity contribution in [2.45, 2.75) is 12.6 Å². The van der Waals surface area contributed by atoms with Crippen LogP contribution >= 0.6 is 0 Å². The maximum Gasteiger partial charge on any atom is 0.165 e. The lowest BCUT2D eigenvalue weighted by Crippen LogP contribution is -2.34. The van der Waals surface area contributed by atoms with Crippen LogP contribution in [0.25, 0.3) is 0 Å². The molecule has 1 aliphatic rings. The second-order valence-electron chi connectivity index (χ2n) is 6.60. The summed E-state index contributed by atoms with van der Waals surface area (Å²) in [6.07, 6.45) is 0. The van der Waals surface area contributed by atoms with Crippen molar-refractivity contribution in [3.63, 3.8) is 0 Å². The van der Waals surface area contributed by atoms with Crippen molar-refractivity contribution in [2.24, 2.45) is 5.92 Å². The van der Waals surface area contributed by atoms with Crippen molar-refractivity contribution in [2.75, 3.05) is 33.4 Å². The molecule has 0 amide bonds. The monoisotopic (exact) mass is 359 g/mol. The summed E-state index contributed by atoms with van der Waals surface area (Å²) in [5.74, 6) is 0.161. The normalized spacial score (nSPS) is 19.8. The average Bonchev–Trinajstić information content (AvgIpc) is 3.11. The van der Waals surface area contributed by atoms with Crippen LogP contribution < -0.4 is 15.6 Å². The molecule has 6 heteroatoms. The fourth-order valence-corrected chi connectivity index (χ4v) is 3.49. The maximum atomic E-state index is 14.1. The first-order valence-electron chi connectivity index (χ1n) is 8.90. The highest BCUT2D eigenvalue weighted by atomic mass is 19.1. The van der Waals surface area contributed by atoms with Gasteiger partial charge in [-0.2, -0.15) is 0 Å². The molecule has 0 spiro atoms. The van der Waals surface area contributed by atoms with Crippen molar-refractivity contribution in [1.29, 1.82) is 0 Å². The number of aliphatic hydroxyl groups is 1. The van der Waals surface area contributed by atoms with Crippen LogP contribution in [0.2, 0.25) is 0 Å². The first kappa shape index (κ1) is 18.8. The second kappa shape index (κ2) is 9.09. The molecule has 0 saturated carbocycles. The van der Waals surface area contributed by atoms with Gasteiger partial charge in [0.15, 0.2) is 11.6 Å². The number of rotatable bonds is 8. The molecule has 3 N–H and O–H groups in total. The first-order chi connectivity index (χ1) is 12.7.